The molecule has 0 unspecified atom stereocenters. The molecule has 0 aliphatic heterocycles. The first kappa shape index (κ1) is 17.8. The molecule has 4 heteroatoms. The largest absolute Gasteiger partial charge is 0.497 e. The molecule has 1 aliphatic carbocycles. The lowest BCUT2D eigenvalue weighted by Crippen LogP contribution is -2.40. The van der Waals surface area contributed by atoms with E-state index in [0.717, 1.165) is 37.2 Å². The second-order valence-electron chi connectivity index (χ2n) is 6.98. The maximum absolute atomic E-state index is 9.41. The van der Waals surface area contributed by atoms with Crippen LogP contribution in [0.25, 0.3) is 0 Å². The summed E-state index contributed by atoms with van der Waals surface area (Å²) in [5.74, 6) is 2.19. The van der Waals surface area contributed by atoms with E-state index < -0.39 is 5.54 Å². The van der Waals surface area contributed by atoms with Crippen LogP contribution in [0.5, 0.6) is 11.5 Å². The van der Waals surface area contributed by atoms with Crippen LogP contribution in [-0.4, -0.2) is 31.0 Å². The van der Waals surface area contributed by atoms with Gasteiger partial charge in [-0.15, -0.1) is 0 Å². The van der Waals surface area contributed by atoms with E-state index in [1.807, 2.05) is 30.3 Å². The predicted molar refractivity (Wildman–Crippen MR) is 99.2 cm³/mol. The van der Waals surface area contributed by atoms with Crippen LogP contribution in [0.2, 0.25) is 0 Å². The molecule has 2 aromatic carbocycles. The molecule has 1 saturated carbocycles. The predicted octanol–water partition coefficient (Wildman–Crippen LogP) is 3.27. The van der Waals surface area contributed by atoms with Crippen LogP contribution in [0.1, 0.15) is 36.3 Å². The van der Waals surface area contributed by atoms with Gasteiger partial charge in [-0.3, -0.25) is 0 Å². The van der Waals surface area contributed by atoms with Crippen LogP contribution in [0.15, 0.2) is 48.5 Å². The third kappa shape index (κ3) is 4.53. The van der Waals surface area contributed by atoms with Gasteiger partial charge in [0.05, 0.1) is 20.3 Å². The highest BCUT2D eigenvalue weighted by Crippen LogP contribution is 2.39. The molecular weight excluding hydrogens is 314 g/mol. The Morgan fingerprint density at radius 1 is 1.16 bits per heavy atom. The molecule has 1 aliphatic rings. The minimum atomic E-state index is -0.406. The van der Waals surface area contributed by atoms with Crippen LogP contribution < -0.4 is 15.2 Å². The minimum absolute atomic E-state index is 0.0645. The summed E-state index contributed by atoms with van der Waals surface area (Å²) >= 11 is 0. The van der Waals surface area contributed by atoms with Crippen molar-refractivity contribution in [3.63, 3.8) is 0 Å². The molecule has 0 bridgehead atoms. The van der Waals surface area contributed by atoms with E-state index in [2.05, 4.69) is 18.2 Å². The first-order chi connectivity index (χ1) is 12.1. The van der Waals surface area contributed by atoms with Crippen LogP contribution in [0.4, 0.5) is 0 Å². The van der Waals surface area contributed by atoms with Crippen molar-refractivity contribution in [1.29, 1.82) is 0 Å². The van der Waals surface area contributed by atoms with E-state index in [-0.39, 0.29) is 6.61 Å². The molecule has 2 aromatic rings. The first-order valence-corrected chi connectivity index (χ1v) is 8.87. The summed E-state index contributed by atoms with van der Waals surface area (Å²) in [5, 5.41) is 9.41. The van der Waals surface area contributed by atoms with Gasteiger partial charge < -0.3 is 20.3 Å². The summed E-state index contributed by atoms with van der Waals surface area (Å²) in [4.78, 5) is 0. The highest BCUT2D eigenvalue weighted by atomic mass is 16.5. The van der Waals surface area contributed by atoms with Gasteiger partial charge in [-0.25, -0.2) is 0 Å². The number of rotatable bonds is 7. The maximum Gasteiger partial charge on any atom is 0.119 e. The Hall–Kier alpha value is -2.04. The SMILES string of the molecule is COc1cccc(CCOc2ccc([C@@H]3CC[C@@](N)(CO)C3)cc2)c1. The summed E-state index contributed by atoms with van der Waals surface area (Å²) in [5.41, 5.74) is 8.25. The van der Waals surface area contributed by atoms with Gasteiger partial charge in [0, 0.05) is 12.0 Å². The topological polar surface area (TPSA) is 64.7 Å². The van der Waals surface area contributed by atoms with Gasteiger partial charge in [-0.05, 0) is 60.6 Å². The highest BCUT2D eigenvalue weighted by Gasteiger charge is 2.35. The van der Waals surface area contributed by atoms with E-state index in [4.69, 9.17) is 15.2 Å². The summed E-state index contributed by atoms with van der Waals surface area (Å²) in [6, 6.07) is 16.3. The first-order valence-electron chi connectivity index (χ1n) is 8.87. The van der Waals surface area contributed by atoms with Crippen LogP contribution in [0, 0.1) is 0 Å². The second-order valence-corrected chi connectivity index (χ2v) is 6.98. The average molecular weight is 341 g/mol. The van der Waals surface area contributed by atoms with Crippen LogP contribution in [-0.2, 0) is 6.42 Å². The molecule has 134 valence electrons. The molecule has 2 atom stereocenters. The smallest absolute Gasteiger partial charge is 0.119 e. The monoisotopic (exact) mass is 341 g/mol. The van der Waals surface area contributed by atoms with Crippen molar-refractivity contribution in [1.82, 2.24) is 0 Å². The number of aliphatic hydroxyl groups excluding tert-OH is 1. The van der Waals surface area contributed by atoms with E-state index in [9.17, 15) is 5.11 Å². The molecule has 0 aromatic heterocycles. The van der Waals surface area contributed by atoms with Gasteiger partial charge in [0.1, 0.15) is 11.5 Å². The molecule has 0 saturated heterocycles. The molecule has 4 nitrogen and oxygen atoms in total. The van der Waals surface area contributed by atoms with Crippen molar-refractivity contribution in [3.8, 4) is 11.5 Å². The summed E-state index contributed by atoms with van der Waals surface area (Å²) < 4.78 is 11.1. The molecule has 25 heavy (non-hydrogen) atoms. The third-order valence-electron chi connectivity index (χ3n) is 5.10. The molecule has 0 spiro atoms. The summed E-state index contributed by atoms with van der Waals surface area (Å²) in [6.45, 7) is 0.696. The number of benzene rings is 2. The molecule has 0 heterocycles. The highest BCUT2D eigenvalue weighted by molar-refractivity contribution is 5.31. The van der Waals surface area contributed by atoms with Gasteiger partial charge in [0.25, 0.3) is 0 Å². The Morgan fingerprint density at radius 2 is 1.96 bits per heavy atom. The molecule has 3 rings (SSSR count). The Kier molecular flexibility index (Phi) is 5.61. The Labute approximate surface area is 149 Å². The van der Waals surface area contributed by atoms with E-state index >= 15 is 0 Å². The van der Waals surface area contributed by atoms with Crippen LogP contribution >= 0.6 is 0 Å². The molecular formula is C21H27NO3. The summed E-state index contributed by atoms with van der Waals surface area (Å²) in [6.07, 6.45) is 3.60. The Bertz CT molecular complexity index is 686. The normalized spacial score (nSPS) is 22.8. The lowest BCUT2D eigenvalue weighted by atomic mass is 9.94. The second kappa shape index (κ2) is 7.89. The number of hydrogen-bond acceptors (Lipinski definition) is 4. The van der Waals surface area contributed by atoms with E-state index in [0.29, 0.717) is 12.5 Å². The maximum atomic E-state index is 9.41. The van der Waals surface area contributed by atoms with Crippen molar-refractivity contribution in [2.45, 2.75) is 37.1 Å². The molecule has 3 N–H and O–H groups in total. The van der Waals surface area contributed by atoms with Crippen molar-refractivity contribution in [3.05, 3.63) is 59.7 Å². The van der Waals surface area contributed by atoms with Crippen molar-refractivity contribution in [2.24, 2.45) is 5.73 Å². The fourth-order valence-electron chi connectivity index (χ4n) is 3.54. The number of ether oxygens (including phenoxy) is 2. The zero-order chi connectivity index (χ0) is 17.7. The van der Waals surface area contributed by atoms with Gasteiger partial charge in [-0.2, -0.15) is 0 Å². The zero-order valence-electron chi connectivity index (χ0n) is 14.8. The van der Waals surface area contributed by atoms with Crippen molar-refractivity contribution < 1.29 is 14.6 Å². The fourth-order valence-corrected chi connectivity index (χ4v) is 3.54. The van der Waals surface area contributed by atoms with E-state index in [1.54, 1.807) is 7.11 Å². The number of nitrogens with two attached hydrogens (primary N) is 1. The van der Waals surface area contributed by atoms with Gasteiger partial charge in [0.2, 0.25) is 0 Å². The summed E-state index contributed by atoms with van der Waals surface area (Å²) in [7, 11) is 1.68. The van der Waals surface area contributed by atoms with Crippen LogP contribution in [0.3, 0.4) is 0 Å². The Morgan fingerprint density at radius 3 is 2.64 bits per heavy atom. The number of aliphatic hydroxyl groups is 1. The lowest BCUT2D eigenvalue weighted by molar-refractivity contribution is 0.198. The van der Waals surface area contributed by atoms with Gasteiger partial charge in [-0.1, -0.05) is 24.3 Å². The Balaban J connectivity index is 1.51. The molecule has 0 amide bonds. The number of hydrogen-bond donors (Lipinski definition) is 2. The standard InChI is InChI=1S/C21H27NO3/c1-24-20-4-2-3-16(13-20)10-12-25-19-7-5-17(6-8-19)18-9-11-21(22,14-18)15-23/h2-8,13,18,23H,9-12,14-15,22H2,1H3/t18-,21+/m1/s1. The molecule has 1 fully saturated rings. The fraction of sp³-hybridized carbons (Fsp3) is 0.429. The van der Waals surface area contributed by atoms with Crippen molar-refractivity contribution in [2.75, 3.05) is 20.3 Å². The zero-order valence-corrected chi connectivity index (χ0v) is 14.8. The minimum Gasteiger partial charge on any atom is -0.497 e. The van der Waals surface area contributed by atoms with Crippen molar-refractivity contribution >= 4 is 0 Å². The number of methoxy groups -OCH3 is 1. The average Bonchev–Trinajstić information content (AvgIpc) is 3.05. The van der Waals surface area contributed by atoms with Gasteiger partial charge >= 0.3 is 0 Å². The quantitative estimate of drug-likeness (QED) is 0.811. The third-order valence-corrected chi connectivity index (χ3v) is 5.10. The van der Waals surface area contributed by atoms with Gasteiger partial charge in [0.15, 0.2) is 0 Å². The lowest BCUT2D eigenvalue weighted by Gasteiger charge is -2.21. The molecule has 0 radical (unpaired) electrons. The van der Waals surface area contributed by atoms with E-state index in [1.165, 1.54) is 11.1 Å².